The van der Waals surface area contributed by atoms with Crippen molar-refractivity contribution in [1.29, 1.82) is 0 Å². The summed E-state index contributed by atoms with van der Waals surface area (Å²) in [6.07, 6.45) is 0. The summed E-state index contributed by atoms with van der Waals surface area (Å²) in [5.41, 5.74) is 0. The Labute approximate surface area is 91.2 Å². The molecule has 0 saturated heterocycles. The van der Waals surface area contributed by atoms with Gasteiger partial charge in [0, 0.05) is 29.6 Å². The van der Waals surface area contributed by atoms with Crippen molar-refractivity contribution in [3.8, 4) is 5.75 Å². The summed E-state index contributed by atoms with van der Waals surface area (Å²) in [7, 11) is 0. The van der Waals surface area contributed by atoms with Gasteiger partial charge >= 0.3 is 0 Å². The molecule has 0 aliphatic carbocycles. The fourth-order valence-electron chi connectivity index (χ4n) is 0.489. The van der Waals surface area contributed by atoms with Gasteiger partial charge in [0.15, 0.2) is 5.75 Å². The van der Waals surface area contributed by atoms with E-state index in [9.17, 15) is 0 Å². The number of rotatable bonds is 0. The fourth-order valence-corrected chi connectivity index (χ4v) is 0.886. The first kappa shape index (κ1) is 10.6. The van der Waals surface area contributed by atoms with Gasteiger partial charge in [-0.2, -0.15) is 0 Å². The minimum absolute atomic E-state index is 0. The summed E-state index contributed by atoms with van der Waals surface area (Å²) in [6, 6.07) is 4.82. The van der Waals surface area contributed by atoms with Crippen LogP contribution >= 0.6 is 23.2 Å². The van der Waals surface area contributed by atoms with Crippen molar-refractivity contribution in [3.05, 3.63) is 28.2 Å². The topological polar surface area (TPSA) is 20.2 Å². The number of phenols is 1. The Hall–Kier alpha value is 0.600. The molecule has 0 unspecified atom stereocenters. The van der Waals surface area contributed by atoms with Crippen LogP contribution in [0.15, 0.2) is 18.2 Å². The molecule has 0 heterocycles. The van der Waals surface area contributed by atoms with Crippen LogP contribution in [0.2, 0.25) is 10.0 Å². The predicted molar refractivity (Wildman–Crippen MR) is 43.9 cm³/mol. The fraction of sp³-hybridized carbons (Fsp3) is 0. The average molecular weight is 186 g/mol. The molecule has 1 aromatic rings. The maximum atomic E-state index is 8.94. The molecule has 0 aliphatic heterocycles. The van der Waals surface area contributed by atoms with Crippen LogP contribution in [0.5, 0.6) is 5.75 Å². The van der Waals surface area contributed by atoms with Gasteiger partial charge in [-0.15, -0.1) is 0 Å². The molecule has 0 atom stereocenters. The van der Waals surface area contributed by atoms with Gasteiger partial charge in [-0.3, -0.25) is 0 Å². The van der Waals surface area contributed by atoms with E-state index in [1.165, 1.54) is 0 Å². The number of para-hydroxylation sites is 1. The van der Waals surface area contributed by atoms with E-state index in [0.29, 0.717) is 0 Å². The van der Waals surface area contributed by atoms with Gasteiger partial charge in [0.2, 0.25) is 0 Å². The molecule has 4 heteroatoms. The number of hydrogen-bond donors (Lipinski definition) is 1. The second-order valence-corrected chi connectivity index (χ2v) is 2.38. The molecule has 0 spiro atoms. The van der Waals surface area contributed by atoms with Crippen LogP contribution in [0, 0.1) is 0 Å². The summed E-state index contributed by atoms with van der Waals surface area (Å²) < 4.78 is 0. The Morgan fingerprint density at radius 1 is 1.10 bits per heavy atom. The third kappa shape index (κ3) is 2.33. The van der Waals surface area contributed by atoms with Gasteiger partial charge in [0.25, 0.3) is 0 Å². The van der Waals surface area contributed by atoms with Crippen LogP contribution < -0.4 is 0 Å². The van der Waals surface area contributed by atoms with Crippen molar-refractivity contribution in [3.63, 3.8) is 0 Å². The monoisotopic (exact) mass is 185 g/mol. The van der Waals surface area contributed by atoms with Gasteiger partial charge in [-0.25, -0.2) is 0 Å². The molecule has 1 aromatic carbocycles. The largest absolute Gasteiger partial charge is 0.505 e. The van der Waals surface area contributed by atoms with Gasteiger partial charge < -0.3 is 5.11 Å². The summed E-state index contributed by atoms with van der Waals surface area (Å²) in [5.74, 6) is -0.0548. The molecule has 0 aromatic heterocycles. The molecule has 49 valence electrons. The van der Waals surface area contributed by atoms with Crippen molar-refractivity contribution in [2.24, 2.45) is 0 Å². The molecule has 0 aliphatic rings. The molecule has 1 N–H and O–H groups in total. The van der Waals surface area contributed by atoms with E-state index in [1.807, 2.05) is 0 Å². The first-order chi connectivity index (χ1) is 4.22. The zero-order valence-corrected chi connectivity index (χ0v) is 8.95. The SMILES string of the molecule is Oc1c(Cl)cccc1Cl.[Na]. The molecule has 1 rings (SSSR count). The van der Waals surface area contributed by atoms with Crippen LogP contribution in [-0.2, 0) is 0 Å². The van der Waals surface area contributed by atoms with Gasteiger partial charge in [-0.1, -0.05) is 29.3 Å². The van der Waals surface area contributed by atoms with Crippen LogP contribution in [-0.4, -0.2) is 34.7 Å². The zero-order valence-electron chi connectivity index (χ0n) is 5.44. The molecule has 0 saturated carbocycles. The number of benzene rings is 1. The number of halogens is 2. The molecular formula is C6H4Cl2NaO. The number of hydrogen-bond acceptors (Lipinski definition) is 1. The van der Waals surface area contributed by atoms with E-state index >= 15 is 0 Å². The third-order valence-corrected chi connectivity index (χ3v) is 1.55. The van der Waals surface area contributed by atoms with Crippen molar-refractivity contribution in [2.45, 2.75) is 0 Å². The Bertz CT molecular complexity index is 207. The zero-order chi connectivity index (χ0) is 6.85. The van der Waals surface area contributed by atoms with E-state index in [0.717, 1.165) is 0 Å². The van der Waals surface area contributed by atoms with Crippen molar-refractivity contribution >= 4 is 52.8 Å². The molecule has 0 amide bonds. The first-order valence-electron chi connectivity index (χ1n) is 2.35. The van der Waals surface area contributed by atoms with Crippen molar-refractivity contribution in [1.82, 2.24) is 0 Å². The van der Waals surface area contributed by atoms with E-state index < -0.39 is 0 Å². The second-order valence-electron chi connectivity index (χ2n) is 1.57. The van der Waals surface area contributed by atoms with Gasteiger partial charge in [-0.05, 0) is 12.1 Å². The summed E-state index contributed by atoms with van der Waals surface area (Å²) in [4.78, 5) is 0. The Morgan fingerprint density at radius 3 is 1.80 bits per heavy atom. The minimum Gasteiger partial charge on any atom is -0.505 e. The maximum Gasteiger partial charge on any atom is 0.152 e. The smallest absolute Gasteiger partial charge is 0.152 e. The van der Waals surface area contributed by atoms with E-state index in [2.05, 4.69) is 0 Å². The van der Waals surface area contributed by atoms with Crippen molar-refractivity contribution < 1.29 is 5.11 Å². The Balaban J connectivity index is 0.000000810. The van der Waals surface area contributed by atoms with Crippen LogP contribution in [0.25, 0.3) is 0 Å². The maximum absolute atomic E-state index is 8.94. The first-order valence-corrected chi connectivity index (χ1v) is 3.10. The molecule has 0 bridgehead atoms. The molecule has 1 radical (unpaired) electrons. The minimum atomic E-state index is -0.0548. The van der Waals surface area contributed by atoms with E-state index in [4.69, 9.17) is 28.3 Å². The van der Waals surface area contributed by atoms with Crippen LogP contribution in [0.3, 0.4) is 0 Å². The quantitative estimate of drug-likeness (QED) is 0.616. The van der Waals surface area contributed by atoms with Crippen LogP contribution in [0.4, 0.5) is 0 Å². The molecule has 10 heavy (non-hydrogen) atoms. The second kappa shape index (κ2) is 4.47. The summed E-state index contributed by atoms with van der Waals surface area (Å²) >= 11 is 11.0. The van der Waals surface area contributed by atoms with E-state index in [1.54, 1.807) is 18.2 Å². The predicted octanol–water partition coefficient (Wildman–Crippen LogP) is 2.32. The Morgan fingerprint density at radius 2 is 1.50 bits per heavy atom. The van der Waals surface area contributed by atoms with Crippen molar-refractivity contribution in [2.75, 3.05) is 0 Å². The van der Waals surface area contributed by atoms with Gasteiger partial charge in [0.05, 0.1) is 10.0 Å². The molecular weight excluding hydrogens is 182 g/mol. The Kier molecular flexibility index (Phi) is 4.74. The average Bonchev–Trinajstić information content (AvgIpc) is 1.83. The third-order valence-electron chi connectivity index (χ3n) is 0.938. The summed E-state index contributed by atoms with van der Waals surface area (Å²) in [6.45, 7) is 0. The van der Waals surface area contributed by atoms with Gasteiger partial charge in [0.1, 0.15) is 0 Å². The standard InChI is InChI=1S/C6H4Cl2O.Na/c7-4-2-1-3-5(8)6(4)9;/h1-3,9H;. The summed E-state index contributed by atoms with van der Waals surface area (Å²) in [5, 5.41) is 9.50. The molecule has 0 fully saturated rings. The van der Waals surface area contributed by atoms with Crippen LogP contribution in [0.1, 0.15) is 0 Å². The molecule has 1 nitrogen and oxygen atoms in total. The number of phenolic OH excluding ortho intramolecular Hbond substituents is 1. The van der Waals surface area contributed by atoms with E-state index in [-0.39, 0.29) is 45.4 Å². The normalized spacial score (nSPS) is 8.60. The number of aromatic hydroxyl groups is 1.